The Labute approximate surface area is 96.1 Å². The molecule has 0 aliphatic rings. The maximum absolute atomic E-state index is 11.2. The fraction of sp³-hybridized carbons (Fsp3) is 0.889. The van der Waals surface area contributed by atoms with Gasteiger partial charge in [0.05, 0.1) is 5.75 Å². The van der Waals surface area contributed by atoms with Crippen molar-refractivity contribution < 1.29 is 22.5 Å². The molecule has 0 unspecified atom stereocenters. The van der Waals surface area contributed by atoms with Gasteiger partial charge in [-0.1, -0.05) is 0 Å². The average molecular weight is 253 g/mol. The molecular formula is C9H19NO5S. The minimum atomic E-state index is -3.98. The van der Waals surface area contributed by atoms with Crippen molar-refractivity contribution in [2.24, 2.45) is 0 Å². The number of rotatable bonds is 4. The summed E-state index contributed by atoms with van der Waals surface area (Å²) in [6, 6.07) is -0.378. The molecule has 0 heterocycles. The molecule has 0 saturated carbocycles. The molecule has 6 nitrogen and oxygen atoms in total. The van der Waals surface area contributed by atoms with E-state index in [1.807, 2.05) is 0 Å². The number of hydrogen-bond acceptors (Lipinski definition) is 4. The van der Waals surface area contributed by atoms with Gasteiger partial charge in [-0.15, -0.1) is 0 Å². The number of carbonyl (C=O) groups is 1. The summed E-state index contributed by atoms with van der Waals surface area (Å²) in [4.78, 5) is 11.2. The Kier molecular flexibility index (Phi) is 5.21. The largest absolute Gasteiger partial charge is 0.444 e. The van der Waals surface area contributed by atoms with Crippen LogP contribution in [0.1, 0.15) is 34.1 Å². The first-order valence-corrected chi connectivity index (χ1v) is 6.55. The fourth-order valence-electron chi connectivity index (χ4n) is 0.907. The maximum Gasteiger partial charge on any atom is 0.407 e. The summed E-state index contributed by atoms with van der Waals surface area (Å²) >= 11 is 0. The Bertz CT molecular complexity index is 330. The van der Waals surface area contributed by atoms with Crippen LogP contribution in [0.25, 0.3) is 0 Å². The monoisotopic (exact) mass is 253 g/mol. The second-order valence-corrected chi connectivity index (χ2v) is 6.19. The zero-order chi connectivity index (χ0) is 13.0. The summed E-state index contributed by atoms with van der Waals surface area (Å²) in [6.07, 6.45) is -0.465. The summed E-state index contributed by atoms with van der Waals surface area (Å²) in [5, 5.41) is 2.47. The lowest BCUT2D eigenvalue weighted by molar-refractivity contribution is 0.0507. The Balaban J connectivity index is 3.97. The minimum Gasteiger partial charge on any atom is -0.444 e. The molecule has 0 bridgehead atoms. The number of hydrogen-bond donors (Lipinski definition) is 2. The van der Waals surface area contributed by atoms with E-state index < -0.39 is 21.8 Å². The highest BCUT2D eigenvalue weighted by Crippen LogP contribution is 2.07. The lowest BCUT2D eigenvalue weighted by Crippen LogP contribution is -2.38. The second-order valence-electron chi connectivity index (χ2n) is 4.62. The first kappa shape index (κ1) is 15.2. The first-order valence-electron chi connectivity index (χ1n) is 4.94. The van der Waals surface area contributed by atoms with Gasteiger partial charge >= 0.3 is 6.09 Å². The van der Waals surface area contributed by atoms with Crippen molar-refractivity contribution in [2.75, 3.05) is 5.75 Å². The van der Waals surface area contributed by atoms with Crippen LogP contribution in [0.15, 0.2) is 0 Å². The molecule has 16 heavy (non-hydrogen) atoms. The summed E-state index contributed by atoms with van der Waals surface area (Å²) in [7, 11) is -3.98. The summed E-state index contributed by atoms with van der Waals surface area (Å²) in [5.41, 5.74) is -0.590. The molecule has 0 aliphatic carbocycles. The first-order chi connectivity index (χ1) is 6.99. The van der Waals surface area contributed by atoms with E-state index in [1.165, 1.54) is 0 Å². The van der Waals surface area contributed by atoms with E-state index in [1.54, 1.807) is 27.7 Å². The molecule has 1 amide bonds. The molecule has 0 spiro atoms. The van der Waals surface area contributed by atoms with Gasteiger partial charge in [0.25, 0.3) is 10.1 Å². The number of ether oxygens (including phenoxy) is 1. The van der Waals surface area contributed by atoms with Gasteiger partial charge in [0.1, 0.15) is 5.60 Å². The number of amides is 1. The van der Waals surface area contributed by atoms with Crippen molar-refractivity contribution in [3.8, 4) is 0 Å². The molecule has 0 rings (SSSR count). The van der Waals surface area contributed by atoms with Crippen LogP contribution in [-0.4, -0.2) is 36.5 Å². The Morgan fingerprint density at radius 2 is 1.94 bits per heavy atom. The molecular weight excluding hydrogens is 234 g/mol. The van der Waals surface area contributed by atoms with Crippen molar-refractivity contribution in [3.63, 3.8) is 0 Å². The summed E-state index contributed by atoms with van der Waals surface area (Å²) in [6.45, 7) is 6.83. The highest BCUT2D eigenvalue weighted by molar-refractivity contribution is 7.85. The molecule has 0 saturated heterocycles. The van der Waals surface area contributed by atoms with Crippen LogP contribution >= 0.6 is 0 Å². The number of alkyl carbamates (subject to hydrolysis) is 1. The third-order valence-corrected chi connectivity index (χ3v) is 2.32. The topological polar surface area (TPSA) is 92.7 Å². The normalized spacial score (nSPS) is 14.3. The number of carbonyl (C=O) groups excluding carboxylic acids is 1. The quantitative estimate of drug-likeness (QED) is 0.734. The van der Waals surface area contributed by atoms with Crippen LogP contribution in [0.5, 0.6) is 0 Å². The zero-order valence-electron chi connectivity index (χ0n) is 9.98. The van der Waals surface area contributed by atoms with Gasteiger partial charge in [-0.05, 0) is 34.1 Å². The van der Waals surface area contributed by atoms with E-state index in [0.29, 0.717) is 0 Å². The van der Waals surface area contributed by atoms with Gasteiger partial charge in [0.2, 0.25) is 0 Å². The summed E-state index contributed by atoms with van der Waals surface area (Å²) in [5.74, 6) is -0.385. The van der Waals surface area contributed by atoms with E-state index in [9.17, 15) is 13.2 Å². The molecule has 2 N–H and O–H groups in total. The Morgan fingerprint density at radius 1 is 1.44 bits per heavy atom. The van der Waals surface area contributed by atoms with E-state index in [4.69, 9.17) is 9.29 Å². The van der Waals surface area contributed by atoms with E-state index >= 15 is 0 Å². The highest BCUT2D eigenvalue weighted by Gasteiger charge is 2.18. The van der Waals surface area contributed by atoms with Crippen LogP contribution < -0.4 is 5.32 Å². The molecule has 0 aromatic heterocycles. The van der Waals surface area contributed by atoms with Crippen molar-refractivity contribution in [1.29, 1.82) is 0 Å². The molecule has 96 valence electrons. The zero-order valence-corrected chi connectivity index (χ0v) is 10.8. The van der Waals surface area contributed by atoms with Crippen LogP contribution in [0.2, 0.25) is 0 Å². The SMILES string of the molecule is C[C@@H](CCS(=O)(=O)O)NC(=O)OC(C)(C)C. The molecule has 0 aromatic carbocycles. The molecule has 0 aromatic rings. The average Bonchev–Trinajstić information content (AvgIpc) is 1.95. The molecule has 0 fully saturated rings. The molecule has 1 atom stereocenters. The van der Waals surface area contributed by atoms with Crippen molar-refractivity contribution >= 4 is 16.2 Å². The van der Waals surface area contributed by atoms with Crippen LogP contribution in [0.3, 0.4) is 0 Å². The van der Waals surface area contributed by atoms with Crippen LogP contribution in [-0.2, 0) is 14.9 Å². The van der Waals surface area contributed by atoms with Gasteiger partial charge in [0.15, 0.2) is 0 Å². The lowest BCUT2D eigenvalue weighted by Gasteiger charge is -2.21. The van der Waals surface area contributed by atoms with Crippen molar-refractivity contribution in [2.45, 2.75) is 45.8 Å². The predicted molar refractivity (Wildman–Crippen MR) is 59.9 cm³/mol. The number of nitrogens with one attached hydrogen (secondary N) is 1. The van der Waals surface area contributed by atoms with Gasteiger partial charge < -0.3 is 10.1 Å². The van der Waals surface area contributed by atoms with Crippen LogP contribution in [0, 0.1) is 0 Å². The van der Waals surface area contributed by atoms with Gasteiger partial charge in [-0.2, -0.15) is 8.42 Å². The van der Waals surface area contributed by atoms with E-state index in [-0.39, 0.29) is 18.2 Å². The van der Waals surface area contributed by atoms with Gasteiger partial charge in [-0.3, -0.25) is 4.55 Å². The molecule has 0 aliphatic heterocycles. The Morgan fingerprint density at radius 3 is 2.31 bits per heavy atom. The predicted octanol–water partition coefficient (Wildman–Crippen LogP) is 1.18. The minimum absolute atomic E-state index is 0.137. The van der Waals surface area contributed by atoms with E-state index in [0.717, 1.165) is 0 Å². The smallest absolute Gasteiger partial charge is 0.407 e. The third-order valence-electron chi connectivity index (χ3n) is 1.57. The van der Waals surface area contributed by atoms with Gasteiger partial charge in [-0.25, -0.2) is 4.79 Å². The fourth-order valence-corrected chi connectivity index (χ4v) is 1.56. The summed E-state index contributed by atoms with van der Waals surface area (Å²) < 4.78 is 34.4. The highest BCUT2D eigenvalue weighted by atomic mass is 32.2. The van der Waals surface area contributed by atoms with Crippen molar-refractivity contribution in [1.82, 2.24) is 5.32 Å². The second kappa shape index (κ2) is 5.49. The maximum atomic E-state index is 11.2. The third kappa shape index (κ3) is 9.72. The van der Waals surface area contributed by atoms with E-state index in [2.05, 4.69) is 5.32 Å². The molecule has 7 heteroatoms. The molecule has 0 radical (unpaired) electrons. The van der Waals surface area contributed by atoms with Crippen molar-refractivity contribution in [3.05, 3.63) is 0 Å². The van der Waals surface area contributed by atoms with Gasteiger partial charge in [0, 0.05) is 6.04 Å². The standard InChI is InChI=1S/C9H19NO5S/c1-7(5-6-16(12,13)14)10-8(11)15-9(2,3)4/h7H,5-6H2,1-4H3,(H,10,11)(H,12,13,14)/t7-/m0/s1. The van der Waals surface area contributed by atoms with Crippen LogP contribution in [0.4, 0.5) is 4.79 Å². The lowest BCUT2D eigenvalue weighted by atomic mass is 10.2. The Hall–Kier alpha value is -0.820.